The largest absolute Gasteiger partial charge is 0.367 e. The molecule has 1 amide bonds. The van der Waals surface area contributed by atoms with Gasteiger partial charge in [0.25, 0.3) is 5.91 Å². The summed E-state index contributed by atoms with van der Waals surface area (Å²) < 4.78 is 27.1. The minimum Gasteiger partial charge on any atom is -0.367 e. The van der Waals surface area contributed by atoms with Crippen LogP contribution >= 0.6 is 0 Å². The molecule has 1 aliphatic rings. The molecule has 0 saturated heterocycles. The Hall–Kier alpha value is -3.02. The minimum atomic E-state index is -1.10. The summed E-state index contributed by atoms with van der Waals surface area (Å²) in [5, 5.41) is 7.48. The summed E-state index contributed by atoms with van der Waals surface area (Å²) in [6.07, 6.45) is 3.27. The molecule has 6 heteroatoms. The van der Waals surface area contributed by atoms with Gasteiger partial charge in [-0.2, -0.15) is 0 Å². The first-order chi connectivity index (χ1) is 14.0. The van der Waals surface area contributed by atoms with Crippen LogP contribution in [0.2, 0.25) is 0 Å². The molecular formula is C23H23F2N3O. The number of aromatic nitrogens is 1. The molecule has 1 aliphatic carbocycles. The second kappa shape index (κ2) is 8.15. The number of para-hydroxylation sites is 1. The Morgan fingerprint density at radius 1 is 1.00 bits per heavy atom. The van der Waals surface area contributed by atoms with Crippen LogP contribution in [0, 0.1) is 18.6 Å². The van der Waals surface area contributed by atoms with Crippen molar-refractivity contribution >= 4 is 22.6 Å². The molecule has 4 nitrogen and oxygen atoms in total. The van der Waals surface area contributed by atoms with Gasteiger partial charge in [0, 0.05) is 17.5 Å². The average Bonchev–Trinajstić information content (AvgIpc) is 2.71. The Morgan fingerprint density at radius 3 is 2.52 bits per heavy atom. The third-order valence-corrected chi connectivity index (χ3v) is 5.53. The highest BCUT2D eigenvalue weighted by Gasteiger charge is 2.24. The molecule has 1 aromatic heterocycles. The zero-order chi connectivity index (χ0) is 20.4. The van der Waals surface area contributed by atoms with Crippen LogP contribution in [-0.4, -0.2) is 23.0 Å². The maximum absolute atomic E-state index is 13.8. The molecule has 3 aromatic rings. The zero-order valence-electron chi connectivity index (χ0n) is 16.2. The number of anilines is 1. The van der Waals surface area contributed by atoms with Crippen molar-refractivity contribution in [1.82, 2.24) is 10.3 Å². The second-order valence-corrected chi connectivity index (χ2v) is 7.61. The fourth-order valence-corrected chi connectivity index (χ4v) is 3.96. The summed E-state index contributed by atoms with van der Waals surface area (Å²) in [4.78, 5) is 17.0. The minimum absolute atomic E-state index is 0.0467. The maximum atomic E-state index is 13.8. The number of nitrogens with zero attached hydrogens (tertiary/aromatic N) is 1. The number of aryl methyl sites for hydroxylation is 1. The number of pyridine rings is 1. The van der Waals surface area contributed by atoms with Gasteiger partial charge in [0.2, 0.25) is 0 Å². The number of fused-ring (bicyclic) bond motifs is 1. The molecule has 0 radical (unpaired) electrons. The lowest BCUT2D eigenvalue weighted by Gasteiger charge is -2.30. The van der Waals surface area contributed by atoms with Crippen LogP contribution in [0.1, 0.15) is 41.6 Å². The summed E-state index contributed by atoms with van der Waals surface area (Å²) in [5.74, 6) is -1.82. The molecule has 0 aliphatic heterocycles. The quantitative estimate of drug-likeness (QED) is 0.655. The Kier molecular flexibility index (Phi) is 5.43. The van der Waals surface area contributed by atoms with E-state index in [-0.39, 0.29) is 17.6 Å². The van der Waals surface area contributed by atoms with E-state index >= 15 is 0 Å². The SMILES string of the molecule is Cc1cc(NC2CCC(NC(=O)c3cccc(F)c3F)CC2)nc2ccccc12. The maximum Gasteiger partial charge on any atom is 0.254 e. The smallest absolute Gasteiger partial charge is 0.254 e. The van der Waals surface area contributed by atoms with Crippen LogP contribution in [0.15, 0.2) is 48.5 Å². The number of nitrogens with one attached hydrogen (secondary N) is 2. The second-order valence-electron chi connectivity index (χ2n) is 7.61. The van der Waals surface area contributed by atoms with Crippen molar-refractivity contribution in [2.75, 3.05) is 5.32 Å². The Labute approximate surface area is 168 Å². The van der Waals surface area contributed by atoms with Gasteiger partial charge in [-0.1, -0.05) is 24.3 Å². The van der Waals surface area contributed by atoms with Gasteiger partial charge in [-0.25, -0.2) is 13.8 Å². The van der Waals surface area contributed by atoms with Gasteiger partial charge in [-0.15, -0.1) is 0 Å². The standard InChI is InChI=1S/C23H23F2N3O/c1-14-13-21(28-20-8-3-2-5-17(14)20)26-15-9-11-16(12-10-15)27-23(29)18-6-4-7-19(24)22(18)25/h2-8,13,15-16H,9-12H2,1H3,(H,26,28)(H,27,29). The molecule has 0 spiro atoms. The lowest BCUT2D eigenvalue weighted by Crippen LogP contribution is -2.40. The van der Waals surface area contributed by atoms with Gasteiger partial charge >= 0.3 is 0 Å². The zero-order valence-corrected chi connectivity index (χ0v) is 16.2. The Bertz CT molecular complexity index is 1050. The molecule has 2 N–H and O–H groups in total. The van der Waals surface area contributed by atoms with Crippen LogP contribution in [0.3, 0.4) is 0 Å². The predicted molar refractivity (Wildman–Crippen MR) is 110 cm³/mol. The van der Waals surface area contributed by atoms with Gasteiger partial charge in [0.15, 0.2) is 11.6 Å². The van der Waals surface area contributed by atoms with Gasteiger partial charge < -0.3 is 10.6 Å². The van der Waals surface area contributed by atoms with Crippen LogP contribution in [0.5, 0.6) is 0 Å². The van der Waals surface area contributed by atoms with E-state index in [1.807, 2.05) is 18.2 Å². The lowest BCUT2D eigenvalue weighted by molar-refractivity contribution is 0.0921. The van der Waals surface area contributed by atoms with Crippen LogP contribution in [-0.2, 0) is 0 Å². The van der Waals surface area contributed by atoms with E-state index in [0.29, 0.717) is 0 Å². The summed E-state index contributed by atoms with van der Waals surface area (Å²) in [7, 11) is 0. The van der Waals surface area contributed by atoms with E-state index in [1.165, 1.54) is 17.7 Å². The van der Waals surface area contributed by atoms with E-state index in [1.54, 1.807) is 0 Å². The molecule has 0 atom stereocenters. The number of amides is 1. The van der Waals surface area contributed by atoms with E-state index in [9.17, 15) is 13.6 Å². The molecule has 1 heterocycles. The summed E-state index contributed by atoms with van der Waals surface area (Å²) >= 11 is 0. The number of carbonyl (C=O) groups excluding carboxylic acids is 1. The first-order valence-electron chi connectivity index (χ1n) is 9.89. The molecule has 4 rings (SSSR count). The Balaban J connectivity index is 1.35. The van der Waals surface area contributed by atoms with Crippen molar-refractivity contribution in [2.24, 2.45) is 0 Å². The van der Waals surface area contributed by atoms with E-state index in [4.69, 9.17) is 4.98 Å². The van der Waals surface area contributed by atoms with Crippen molar-refractivity contribution in [3.8, 4) is 0 Å². The number of hydrogen-bond donors (Lipinski definition) is 2. The molecule has 150 valence electrons. The number of hydrogen-bond acceptors (Lipinski definition) is 3. The molecule has 0 unspecified atom stereocenters. The summed E-state index contributed by atoms with van der Waals surface area (Å²) in [6, 6.07) is 14.0. The highest BCUT2D eigenvalue weighted by atomic mass is 19.2. The highest BCUT2D eigenvalue weighted by molar-refractivity contribution is 5.94. The topological polar surface area (TPSA) is 54.0 Å². The fourth-order valence-electron chi connectivity index (χ4n) is 3.96. The monoisotopic (exact) mass is 395 g/mol. The Morgan fingerprint density at radius 2 is 1.72 bits per heavy atom. The molecular weight excluding hydrogens is 372 g/mol. The average molecular weight is 395 g/mol. The lowest BCUT2D eigenvalue weighted by atomic mass is 9.91. The van der Waals surface area contributed by atoms with Crippen LogP contribution in [0.4, 0.5) is 14.6 Å². The summed E-state index contributed by atoms with van der Waals surface area (Å²) in [5.41, 5.74) is 1.89. The first-order valence-corrected chi connectivity index (χ1v) is 9.89. The number of halogens is 2. The molecule has 0 bridgehead atoms. The van der Waals surface area contributed by atoms with Gasteiger partial charge in [0.05, 0.1) is 11.1 Å². The number of benzene rings is 2. The van der Waals surface area contributed by atoms with E-state index < -0.39 is 17.5 Å². The molecule has 29 heavy (non-hydrogen) atoms. The normalized spacial score (nSPS) is 19.1. The molecule has 2 aromatic carbocycles. The van der Waals surface area contributed by atoms with E-state index in [0.717, 1.165) is 48.5 Å². The van der Waals surface area contributed by atoms with Crippen LogP contribution < -0.4 is 10.6 Å². The van der Waals surface area contributed by atoms with Crippen molar-refractivity contribution in [3.05, 3.63) is 71.3 Å². The van der Waals surface area contributed by atoms with Crippen molar-refractivity contribution in [2.45, 2.75) is 44.7 Å². The van der Waals surface area contributed by atoms with Gasteiger partial charge in [-0.3, -0.25) is 4.79 Å². The van der Waals surface area contributed by atoms with Crippen molar-refractivity contribution in [1.29, 1.82) is 0 Å². The van der Waals surface area contributed by atoms with Crippen LogP contribution in [0.25, 0.3) is 10.9 Å². The van der Waals surface area contributed by atoms with Crippen molar-refractivity contribution in [3.63, 3.8) is 0 Å². The summed E-state index contributed by atoms with van der Waals surface area (Å²) in [6.45, 7) is 2.08. The highest BCUT2D eigenvalue weighted by Crippen LogP contribution is 2.25. The third-order valence-electron chi connectivity index (χ3n) is 5.53. The predicted octanol–water partition coefficient (Wildman–Crippen LogP) is 4.97. The first kappa shape index (κ1) is 19.3. The van der Waals surface area contributed by atoms with E-state index in [2.05, 4.69) is 29.7 Å². The van der Waals surface area contributed by atoms with Gasteiger partial charge in [-0.05, 0) is 62.4 Å². The van der Waals surface area contributed by atoms with Crippen molar-refractivity contribution < 1.29 is 13.6 Å². The fraction of sp³-hybridized carbons (Fsp3) is 0.304. The number of rotatable bonds is 4. The molecule has 1 fully saturated rings. The van der Waals surface area contributed by atoms with Gasteiger partial charge in [0.1, 0.15) is 5.82 Å². The number of carbonyl (C=O) groups is 1. The third kappa shape index (κ3) is 4.21. The molecule has 1 saturated carbocycles.